The number of amides is 1. The zero-order valence-corrected chi connectivity index (χ0v) is 25.6. The Balaban J connectivity index is 1.69. The van der Waals surface area contributed by atoms with E-state index in [0.717, 1.165) is 0 Å². The minimum Gasteiger partial charge on any atom is -0.394 e. The maximum Gasteiger partial charge on any atom is 0.418 e. The average molecular weight is 623 g/mol. The third-order valence-corrected chi connectivity index (χ3v) is 9.31. The number of nitrogens with one attached hydrogen (secondary N) is 1. The van der Waals surface area contributed by atoms with Gasteiger partial charge in [-0.2, -0.15) is 13.2 Å². The summed E-state index contributed by atoms with van der Waals surface area (Å²) in [6.45, 7) is 8.21. The molecule has 1 saturated heterocycles. The van der Waals surface area contributed by atoms with E-state index in [4.69, 9.17) is 0 Å². The minimum atomic E-state index is -4.66. The van der Waals surface area contributed by atoms with E-state index in [1.807, 2.05) is 20.8 Å². The topological polar surface area (TPSA) is 125 Å². The second-order valence-electron chi connectivity index (χ2n) is 11.8. The molecular formula is C30H37F3N4O5S. The summed E-state index contributed by atoms with van der Waals surface area (Å²) in [6, 6.07) is 9.30. The normalized spacial score (nSPS) is 15.3. The van der Waals surface area contributed by atoms with Gasteiger partial charge in [-0.15, -0.1) is 0 Å². The summed E-state index contributed by atoms with van der Waals surface area (Å²) in [4.78, 5) is 19.6. The first kappa shape index (κ1) is 32.5. The molecule has 13 heteroatoms. The van der Waals surface area contributed by atoms with Crippen molar-refractivity contribution in [1.82, 2.24) is 14.9 Å². The van der Waals surface area contributed by atoms with Gasteiger partial charge in [0, 0.05) is 36.4 Å². The number of anilines is 1. The Morgan fingerprint density at radius 3 is 2.26 bits per heavy atom. The number of nitrogens with zero attached hydrogens (tertiary/aromatic N) is 3. The van der Waals surface area contributed by atoms with Gasteiger partial charge in [-0.3, -0.25) is 4.79 Å². The monoisotopic (exact) mass is 622 g/mol. The first-order chi connectivity index (χ1) is 20.0. The number of benzene rings is 2. The van der Waals surface area contributed by atoms with Gasteiger partial charge in [0.15, 0.2) is 9.84 Å². The molecule has 2 heterocycles. The number of aliphatic hydroxyl groups excluding tert-OH is 2. The largest absolute Gasteiger partial charge is 0.418 e. The Hall–Kier alpha value is -3.42. The molecule has 1 atom stereocenters. The maximum atomic E-state index is 14.4. The summed E-state index contributed by atoms with van der Waals surface area (Å²) in [5, 5.41) is 22.5. The van der Waals surface area contributed by atoms with Crippen molar-refractivity contribution in [2.45, 2.75) is 69.8 Å². The third kappa shape index (κ3) is 6.73. The van der Waals surface area contributed by atoms with Crippen LogP contribution in [-0.2, 0) is 28.0 Å². The molecule has 1 aliphatic heterocycles. The van der Waals surface area contributed by atoms with Crippen LogP contribution in [0.15, 0.2) is 47.4 Å². The smallest absolute Gasteiger partial charge is 0.394 e. The number of rotatable bonds is 9. The zero-order valence-electron chi connectivity index (χ0n) is 24.7. The first-order valence-electron chi connectivity index (χ1n) is 13.9. The molecule has 9 nitrogen and oxygen atoms in total. The fraction of sp³-hybridized carbons (Fsp3) is 0.467. The number of hydrogen-bond acceptors (Lipinski definition) is 7. The Kier molecular flexibility index (Phi) is 9.01. The van der Waals surface area contributed by atoms with Crippen LogP contribution in [-0.4, -0.2) is 65.6 Å². The number of aromatic nitrogens is 2. The lowest BCUT2D eigenvalue weighted by Crippen LogP contribution is -2.51. The van der Waals surface area contributed by atoms with Crippen molar-refractivity contribution in [2.75, 3.05) is 30.3 Å². The number of sulfone groups is 1. The molecule has 2 aromatic carbocycles. The highest BCUT2D eigenvalue weighted by molar-refractivity contribution is 7.91. The van der Waals surface area contributed by atoms with Crippen molar-refractivity contribution in [1.29, 1.82) is 0 Å². The van der Waals surface area contributed by atoms with E-state index in [2.05, 4.69) is 10.3 Å². The highest BCUT2D eigenvalue weighted by atomic mass is 32.2. The summed E-state index contributed by atoms with van der Waals surface area (Å²) in [5.41, 5.74) is -0.619. The van der Waals surface area contributed by atoms with Crippen molar-refractivity contribution in [3.63, 3.8) is 0 Å². The highest BCUT2D eigenvalue weighted by Crippen LogP contribution is 2.41. The lowest BCUT2D eigenvalue weighted by molar-refractivity contribution is -0.137. The number of carbonyl (C=O) groups excluding carboxylic acids is 1. The van der Waals surface area contributed by atoms with Gasteiger partial charge in [-0.1, -0.05) is 52.0 Å². The summed E-state index contributed by atoms with van der Waals surface area (Å²) < 4.78 is 69.2. The Morgan fingerprint density at radius 1 is 1.12 bits per heavy atom. The average Bonchev–Trinajstić information content (AvgIpc) is 3.25. The Morgan fingerprint density at radius 2 is 1.74 bits per heavy atom. The number of carbonyl (C=O) groups is 1. The van der Waals surface area contributed by atoms with E-state index in [9.17, 15) is 36.6 Å². The lowest BCUT2D eigenvalue weighted by atomic mass is 9.95. The standard InChI is InChI=1S/C30H37F3N4O5S/c1-6-43(41,42)22-12-10-19(11-13-22)23(17-38)34-27(40)26-18(2)37(28(35-26)29(3,4)5)14-20-8-7-9-24(25(20)30(31,32)33)36-15-21(39)16-36/h7-13,21,23,38-39H,6,14-17H2,1-5H3,(H,34,40)/t23-/m1/s1. The molecule has 1 amide bonds. The van der Waals surface area contributed by atoms with Crippen LogP contribution in [0.3, 0.4) is 0 Å². The molecule has 1 fully saturated rings. The molecule has 1 aromatic heterocycles. The third-order valence-electron chi connectivity index (χ3n) is 7.56. The lowest BCUT2D eigenvalue weighted by Gasteiger charge is -2.39. The Labute approximate surface area is 249 Å². The van der Waals surface area contributed by atoms with Crippen molar-refractivity contribution < 1.29 is 36.6 Å². The molecule has 234 valence electrons. The summed E-state index contributed by atoms with van der Waals surface area (Å²) in [5.74, 6) is -0.297. The quantitative estimate of drug-likeness (QED) is 0.330. The van der Waals surface area contributed by atoms with Crippen LogP contribution >= 0.6 is 0 Å². The van der Waals surface area contributed by atoms with Gasteiger partial charge < -0.3 is 25.0 Å². The fourth-order valence-electron chi connectivity index (χ4n) is 5.18. The number of alkyl halides is 3. The fourth-order valence-corrected chi connectivity index (χ4v) is 6.07. The van der Waals surface area contributed by atoms with E-state index in [-0.39, 0.29) is 47.2 Å². The number of imidazole rings is 1. The number of β-amino-alcohol motifs (C(OH)–C–C–N with tert-alkyl or cyclic N) is 1. The predicted octanol–water partition coefficient (Wildman–Crippen LogP) is 3.99. The second-order valence-corrected chi connectivity index (χ2v) is 14.0. The Bertz CT molecular complexity index is 1590. The van der Waals surface area contributed by atoms with Gasteiger partial charge >= 0.3 is 6.18 Å². The van der Waals surface area contributed by atoms with Crippen molar-refractivity contribution in [2.24, 2.45) is 0 Å². The number of halogens is 3. The second kappa shape index (κ2) is 11.9. The molecule has 3 N–H and O–H groups in total. The van der Waals surface area contributed by atoms with Crippen LogP contribution in [0, 0.1) is 6.92 Å². The van der Waals surface area contributed by atoms with Gasteiger partial charge in [0.1, 0.15) is 11.5 Å². The van der Waals surface area contributed by atoms with Crippen molar-refractivity contribution in [3.8, 4) is 0 Å². The molecule has 0 radical (unpaired) electrons. The van der Waals surface area contributed by atoms with Gasteiger partial charge in [-0.05, 0) is 36.2 Å². The molecule has 1 aliphatic rings. The molecule has 3 aromatic rings. The van der Waals surface area contributed by atoms with Crippen molar-refractivity contribution in [3.05, 3.63) is 76.4 Å². The van der Waals surface area contributed by atoms with Crippen molar-refractivity contribution >= 4 is 21.4 Å². The van der Waals surface area contributed by atoms with Gasteiger partial charge in [0.25, 0.3) is 5.91 Å². The van der Waals surface area contributed by atoms with E-state index in [1.54, 1.807) is 17.6 Å². The molecule has 0 aliphatic carbocycles. The van der Waals surface area contributed by atoms with E-state index < -0.39 is 51.7 Å². The maximum absolute atomic E-state index is 14.4. The van der Waals surface area contributed by atoms with Crippen LogP contribution in [0.25, 0.3) is 0 Å². The first-order valence-corrected chi connectivity index (χ1v) is 15.6. The van der Waals surface area contributed by atoms with Gasteiger partial charge in [0.05, 0.1) is 35.0 Å². The molecule has 43 heavy (non-hydrogen) atoms. The highest BCUT2D eigenvalue weighted by Gasteiger charge is 2.40. The van der Waals surface area contributed by atoms with Crippen LogP contribution in [0.1, 0.15) is 72.4 Å². The minimum absolute atomic E-state index is 0.000274. The molecule has 0 saturated carbocycles. The van der Waals surface area contributed by atoms with E-state index in [1.165, 1.54) is 48.2 Å². The predicted molar refractivity (Wildman–Crippen MR) is 156 cm³/mol. The number of hydrogen-bond donors (Lipinski definition) is 3. The zero-order chi connectivity index (χ0) is 31.9. The van der Waals surface area contributed by atoms with E-state index >= 15 is 0 Å². The van der Waals surface area contributed by atoms with E-state index in [0.29, 0.717) is 17.1 Å². The molecule has 4 rings (SSSR count). The van der Waals surface area contributed by atoms with Crippen LogP contribution in [0.5, 0.6) is 0 Å². The van der Waals surface area contributed by atoms with Crippen LogP contribution in [0.4, 0.5) is 18.9 Å². The summed E-state index contributed by atoms with van der Waals surface area (Å²) in [6.07, 6.45) is -5.34. The van der Waals surface area contributed by atoms with Gasteiger partial charge in [-0.25, -0.2) is 13.4 Å². The summed E-state index contributed by atoms with van der Waals surface area (Å²) >= 11 is 0. The van der Waals surface area contributed by atoms with Crippen LogP contribution < -0.4 is 10.2 Å². The van der Waals surface area contributed by atoms with Crippen LogP contribution in [0.2, 0.25) is 0 Å². The van der Waals surface area contributed by atoms with Gasteiger partial charge in [0.2, 0.25) is 0 Å². The summed E-state index contributed by atoms with van der Waals surface area (Å²) in [7, 11) is -3.43. The molecule has 0 unspecified atom stereocenters. The SMILES string of the molecule is CCS(=O)(=O)c1ccc([C@@H](CO)NC(=O)c2nc(C(C)(C)C)n(Cc3cccc(N4CC(O)C4)c3C(F)(F)F)c2C)cc1. The molecule has 0 spiro atoms. The molecule has 0 bridgehead atoms. The number of aliphatic hydroxyl groups is 2. The molecular weight excluding hydrogens is 585 g/mol.